The third-order valence-corrected chi connectivity index (χ3v) is 6.08. The summed E-state index contributed by atoms with van der Waals surface area (Å²) in [5.41, 5.74) is 0.592. The van der Waals surface area contributed by atoms with Crippen LogP contribution in [0.5, 0.6) is 0 Å². The predicted molar refractivity (Wildman–Crippen MR) is 74.5 cm³/mol. The molecular formula is C12H14NO5PS. The second kappa shape index (κ2) is 6.11. The molecule has 1 aromatic carbocycles. The van der Waals surface area contributed by atoms with Gasteiger partial charge in [0, 0.05) is 0 Å². The molecule has 0 aliphatic carbocycles. The molecule has 2 amide bonds. The highest BCUT2D eigenvalue weighted by atomic mass is 32.5. The first-order chi connectivity index (χ1) is 9.52. The van der Waals surface area contributed by atoms with Gasteiger partial charge in [-0.1, -0.05) is 12.1 Å². The molecule has 0 fully saturated rings. The van der Waals surface area contributed by atoms with Crippen LogP contribution in [0, 0.1) is 0 Å². The summed E-state index contributed by atoms with van der Waals surface area (Å²) in [6.07, 6.45) is 0. The minimum absolute atomic E-state index is 0.160. The smallest absolute Gasteiger partial charge is 0.357 e. The predicted octanol–water partition coefficient (Wildman–Crippen LogP) is 1.39. The number of rotatable bonds is 5. The molecule has 0 atom stereocenters. The van der Waals surface area contributed by atoms with Crippen molar-refractivity contribution in [2.45, 2.75) is 13.8 Å². The van der Waals surface area contributed by atoms with Gasteiger partial charge in [0.05, 0.1) is 24.3 Å². The number of hydrogen-bond acceptors (Lipinski definition) is 5. The standard InChI is InChI=1S/C12H14NO5PS/c1-3-17-19(16,18-4-2)20-13-11(14)9-7-5-6-8-10(9)12(13)15/h5-8H,3-4H2,1-2H3. The van der Waals surface area contributed by atoms with Crippen molar-refractivity contribution in [2.24, 2.45) is 0 Å². The van der Waals surface area contributed by atoms with E-state index in [9.17, 15) is 14.5 Å². The van der Waals surface area contributed by atoms with Gasteiger partial charge in [0.25, 0.3) is 0 Å². The molecule has 20 heavy (non-hydrogen) atoms. The summed E-state index contributed by atoms with van der Waals surface area (Å²) in [6.45, 7) is 0.0722. The van der Waals surface area contributed by atoms with Crippen LogP contribution in [0.25, 0.3) is 0 Å². The number of benzene rings is 1. The maximum Gasteiger partial charge on any atom is 0.357 e. The third kappa shape index (κ3) is 2.82. The molecule has 108 valence electrons. The largest absolute Gasteiger partial charge is 0.739 e. The maximum absolute atomic E-state index is 12.4. The van der Waals surface area contributed by atoms with Crippen LogP contribution in [0.3, 0.4) is 0 Å². The van der Waals surface area contributed by atoms with E-state index in [1.165, 1.54) is 0 Å². The molecule has 0 unspecified atom stereocenters. The van der Waals surface area contributed by atoms with Crippen molar-refractivity contribution in [1.29, 1.82) is 0 Å². The van der Waals surface area contributed by atoms with Gasteiger partial charge in [0.15, 0.2) is 0 Å². The summed E-state index contributed by atoms with van der Waals surface area (Å²) >= 11 is 0.522. The lowest BCUT2D eigenvalue weighted by Crippen LogP contribution is -2.27. The van der Waals surface area contributed by atoms with Crippen LogP contribution in [0.15, 0.2) is 24.3 Å². The van der Waals surface area contributed by atoms with E-state index in [2.05, 4.69) is 0 Å². The second-order valence-electron chi connectivity index (χ2n) is 3.81. The van der Waals surface area contributed by atoms with Gasteiger partial charge >= 0.3 is 29.7 Å². The molecule has 0 bridgehead atoms. The first kappa shape index (κ1) is 15.3. The number of amides is 2. The fraction of sp³-hybridized carbons (Fsp3) is 0.333. The Kier molecular flexibility index (Phi) is 4.67. The Labute approximate surface area is 120 Å². The highest BCUT2D eigenvalue weighted by molar-refractivity contribution is 8.15. The van der Waals surface area contributed by atoms with Crippen LogP contribution in [0.4, 0.5) is 0 Å². The van der Waals surface area contributed by atoms with E-state index in [1.54, 1.807) is 38.1 Å². The lowest BCUT2D eigenvalue weighted by atomic mass is 10.1. The van der Waals surface area contributed by atoms with E-state index >= 15 is 0 Å². The van der Waals surface area contributed by atoms with Crippen LogP contribution in [-0.4, -0.2) is 29.3 Å². The number of carbonyl (C=O) groups is 2. The topological polar surface area (TPSA) is 78.9 Å². The van der Waals surface area contributed by atoms with Gasteiger partial charge in [-0.25, -0.2) is 0 Å². The molecule has 0 radical (unpaired) electrons. The minimum atomic E-state index is -3.57. The van der Waals surface area contributed by atoms with Crippen LogP contribution < -0.4 is 4.89 Å². The van der Waals surface area contributed by atoms with Crippen molar-refractivity contribution in [3.63, 3.8) is 0 Å². The van der Waals surface area contributed by atoms with Crippen LogP contribution >= 0.6 is 6.72 Å². The maximum atomic E-state index is 12.4. The SMILES string of the molecule is CCOP([O-])(OCC)=[S+]N1C(=O)c2ccccc2C1=O. The van der Waals surface area contributed by atoms with E-state index in [1.807, 2.05) is 0 Å². The average Bonchev–Trinajstić information content (AvgIpc) is 2.65. The Morgan fingerprint density at radius 2 is 1.55 bits per heavy atom. The van der Waals surface area contributed by atoms with Crippen LogP contribution in [0.1, 0.15) is 34.6 Å². The molecule has 0 saturated carbocycles. The van der Waals surface area contributed by atoms with Crippen LogP contribution in [-0.2, 0) is 20.2 Å². The van der Waals surface area contributed by atoms with Gasteiger partial charge in [0.2, 0.25) is 0 Å². The molecule has 0 saturated heterocycles. The summed E-state index contributed by atoms with van der Waals surface area (Å²) in [5.74, 6) is -1.01. The zero-order valence-corrected chi connectivity index (χ0v) is 12.8. The van der Waals surface area contributed by atoms with E-state index in [4.69, 9.17) is 9.05 Å². The molecule has 1 heterocycles. The van der Waals surface area contributed by atoms with Crippen molar-refractivity contribution < 1.29 is 23.5 Å². The van der Waals surface area contributed by atoms with Gasteiger partial charge in [-0.15, -0.1) is 0 Å². The molecule has 8 heteroatoms. The monoisotopic (exact) mass is 315 g/mol. The first-order valence-corrected chi connectivity index (χ1v) is 9.01. The van der Waals surface area contributed by atoms with E-state index in [-0.39, 0.29) is 13.2 Å². The Balaban J connectivity index is 2.40. The highest BCUT2D eigenvalue weighted by Gasteiger charge is 2.44. The first-order valence-electron chi connectivity index (χ1n) is 6.09. The summed E-state index contributed by atoms with van der Waals surface area (Å²) in [4.78, 5) is 36.7. The molecule has 2 rings (SSSR count). The summed E-state index contributed by atoms with van der Waals surface area (Å²) in [6, 6.07) is 6.45. The summed E-state index contributed by atoms with van der Waals surface area (Å²) < 4.78 is 11.0. The molecule has 6 nitrogen and oxygen atoms in total. The molecule has 1 aromatic rings. The quantitative estimate of drug-likeness (QED) is 0.355. The zero-order chi connectivity index (χ0) is 14.8. The lowest BCUT2D eigenvalue weighted by Gasteiger charge is -2.18. The summed E-state index contributed by atoms with van der Waals surface area (Å²) in [7, 11) is 0. The second-order valence-corrected chi connectivity index (χ2v) is 7.59. The number of carbonyl (C=O) groups excluding carboxylic acids is 2. The van der Waals surface area contributed by atoms with Crippen molar-refractivity contribution in [2.75, 3.05) is 13.2 Å². The van der Waals surface area contributed by atoms with E-state index in [0.717, 1.165) is 4.31 Å². The lowest BCUT2D eigenvalue weighted by molar-refractivity contribution is -0.206. The molecular weight excluding hydrogens is 301 g/mol. The average molecular weight is 315 g/mol. The van der Waals surface area contributed by atoms with Crippen molar-refractivity contribution in [3.8, 4) is 0 Å². The van der Waals surface area contributed by atoms with Gasteiger partial charge < -0.3 is 13.9 Å². The summed E-state index contributed by atoms with van der Waals surface area (Å²) in [5, 5.41) is 0. The van der Waals surface area contributed by atoms with Gasteiger partial charge in [-0.05, 0) is 30.3 Å². The minimum Gasteiger partial charge on any atom is -0.739 e. The van der Waals surface area contributed by atoms with Crippen molar-refractivity contribution >= 4 is 29.7 Å². The van der Waals surface area contributed by atoms with E-state index < -0.39 is 18.5 Å². The van der Waals surface area contributed by atoms with Crippen molar-refractivity contribution in [1.82, 2.24) is 4.31 Å². The molecule has 0 N–H and O–H groups in total. The Morgan fingerprint density at radius 3 is 1.95 bits per heavy atom. The fourth-order valence-electron chi connectivity index (χ4n) is 1.74. The molecule has 0 spiro atoms. The molecule has 1 aliphatic heterocycles. The Bertz CT molecular complexity index is 558. The zero-order valence-electron chi connectivity index (χ0n) is 11.1. The van der Waals surface area contributed by atoms with Crippen molar-refractivity contribution in [3.05, 3.63) is 35.4 Å². The highest BCUT2D eigenvalue weighted by Crippen LogP contribution is 2.42. The fourth-order valence-corrected chi connectivity index (χ4v) is 5.05. The third-order valence-electron chi connectivity index (χ3n) is 2.51. The number of fused-ring (bicyclic) bond motifs is 1. The van der Waals surface area contributed by atoms with E-state index in [0.29, 0.717) is 22.3 Å². The molecule has 0 aromatic heterocycles. The molecule has 1 aliphatic rings. The Morgan fingerprint density at radius 1 is 1.10 bits per heavy atom. The normalized spacial score (nSPS) is 14.7. The van der Waals surface area contributed by atoms with Gasteiger partial charge in [-0.3, -0.25) is 9.59 Å². The Hall–Kier alpha value is -1.11. The number of imide groups is 1. The number of nitrogens with zero attached hydrogens (tertiary/aromatic N) is 1. The van der Waals surface area contributed by atoms with Crippen LogP contribution in [0.2, 0.25) is 0 Å². The number of hydrogen-bond donors (Lipinski definition) is 0. The van der Waals surface area contributed by atoms with Gasteiger partial charge in [0.1, 0.15) is 0 Å². The van der Waals surface area contributed by atoms with Gasteiger partial charge in [-0.2, -0.15) is 0 Å².